The maximum Gasteiger partial charge on any atom is 0.0654 e. The monoisotopic (exact) mass is 205 g/mol. The summed E-state index contributed by atoms with van der Waals surface area (Å²) >= 11 is 0. The number of hydrogen-bond acceptors (Lipinski definition) is 2. The Bertz CT molecular complexity index is 334. The average Bonchev–Trinajstić information content (AvgIpc) is 2.87. The van der Waals surface area contributed by atoms with Gasteiger partial charge in [0.15, 0.2) is 0 Å². The molecule has 2 heteroatoms. The zero-order valence-corrected chi connectivity index (χ0v) is 9.64. The van der Waals surface area contributed by atoms with Crippen LogP contribution in [0.4, 0.5) is 0 Å². The van der Waals surface area contributed by atoms with Crippen molar-refractivity contribution >= 4 is 0 Å². The van der Waals surface area contributed by atoms with E-state index < -0.39 is 0 Å². The van der Waals surface area contributed by atoms with Crippen molar-refractivity contribution in [3.05, 3.63) is 30.1 Å². The first-order valence-corrected chi connectivity index (χ1v) is 5.61. The van der Waals surface area contributed by atoms with Gasteiger partial charge in [-0.15, -0.1) is 0 Å². The molecule has 0 radical (unpaired) electrons. The van der Waals surface area contributed by atoms with Crippen LogP contribution in [0.2, 0.25) is 0 Å². The fourth-order valence-corrected chi connectivity index (χ4v) is 2.26. The molecule has 1 fully saturated rings. The summed E-state index contributed by atoms with van der Waals surface area (Å²) in [6, 6.07) is 5.87. The Morgan fingerprint density at radius 2 is 2.13 bits per heavy atom. The number of aromatic nitrogens is 1. The van der Waals surface area contributed by atoms with E-state index in [1.807, 2.05) is 18.2 Å². The molecule has 0 aromatic carbocycles. The van der Waals surface area contributed by atoms with E-state index in [0.717, 1.165) is 12.1 Å². The van der Waals surface area contributed by atoms with Gasteiger partial charge in [0, 0.05) is 17.8 Å². The molecule has 1 N–H and O–H groups in total. The van der Waals surface area contributed by atoms with Crippen molar-refractivity contribution in [3.63, 3.8) is 0 Å². The van der Waals surface area contributed by atoms with Gasteiger partial charge in [-0.3, -0.25) is 4.98 Å². The highest BCUT2D eigenvalue weighted by Crippen LogP contribution is 2.55. The molecule has 3 unspecified atom stereocenters. The van der Waals surface area contributed by atoms with Crippen LogP contribution in [-0.2, 0) is 0 Å². The number of pyridine rings is 1. The second-order valence-corrected chi connectivity index (χ2v) is 5.33. The van der Waals surface area contributed by atoms with Gasteiger partial charge in [-0.25, -0.2) is 0 Å². The summed E-state index contributed by atoms with van der Waals surface area (Å²) in [4.78, 5) is 4.30. The molecule has 1 saturated carbocycles. The molecule has 82 valence electrons. The summed E-state index contributed by atoms with van der Waals surface area (Å²) in [5, 5.41) is 10.2. The Morgan fingerprint density at radius 1 is 1.47 bits per heavy atom. The summed E-state index contributed by atoms with van der Waals surface area (Å²) in [5.74, 6) is 0.576. The standard InChI is InChI=1S/C13H19NO/c1-9(11-6-4-5-7-14-11)12(15)10-8-13(10,2)3/h4-7,9-10,12,15H,8H2,1-3H3. The molecule has 0 saturated heterocycles. The molecule has 15 heavy (non-hydrogen) atoms. The summed E-state index contributed by atoms with van der Waals surface area (Å²) < 4.78 is 0. The molecule has 1 heterocycles. The van der Waals surface area contributed by atoms with Crippen molar-refractivity contribution in [2.24, 2.45) is 11.3 Å². The summed E-state index contributed by atoms with van der Waals surface area (Å²) in [7, 11) is 0. The van der Waals surface area contributed by atoms with E-state index in [0.29, 0.717) is 11.3 Å². The molecule has 1 aromatic rings. The molecular weight excluding hydrogens is 186 g/mol. The zero-order valence-electron chi connectivity index (χ0n) is 9.64. The number of aliphatic hydroxyl groups is 1. The topological polar surface area (TPSA) is 33.1 Å². The zero-order chi connectivity index (χ0) is 11.1. The van der Waals surface area contributed by atoms with Crippen LogP contribution >= 0.6 is 0 Å². The van der Waals surface area contributed by atoms with Crippen LogP contribution in [0.5, 0.6) is 0 Å². The van der Waals surface area contributed by atoms with Gasteiger partial charge in [0.25, 0.3) is 0 Å². The third-order valence-electron chi connectivity index (χ3n) is 3.67. The molecule has 0 amide bonds. The van der Waals surface area contributed by atoms with E-state index in [9.17, 15) is 5.11 Å². The van der Waals surface area contributed by atoms with Crippen LogP contribution in [0.25, 0.3) is 0 Å². The Kier molecular flexibility index (Phi) is 2.55. The van der Waals surface area contributed by atoms with Gasteiger partial charge in [-0.1, -0.05) is 26.8 Å². The highest BCUT2D eigenvalue weighted by molar-refractivity contribution is 5.13. The fraction of sp³-hybridized carbons (Fsp3) is 0.615. The molecule has 0 bridgehead atoms. The average molecular weight is 205 g/mol. The highest BCUT2D eigenvalue weighted by Gasteiger charge is 2.51. The molecule has 3 atom stereocenters. The molecule has 0 spiro atoms. The van der Waals surface area contributed by atoms with Crippen LogP contribution in [0.3, 0.4) is 0 Å². The summed E-state index contributed by atoms with van der Waals surface area (Å²) in [6.45, 7) is 6.49. The van der Waals surface area contributed by atoms with Gasteiger partial charge < -0.3 is 5.11 Å². The maximum atomic E-state index is 10.2. The number of aliphatic hydroxyl groups excluding tert-OH is 1. The van der Waals surface area contributed by atoms with Crippen LogP contribution < -0.4 is 0 Å². The lowest BCUT2D eigenvalue weighted by Gasteiger charge is -2.19. The van der Waals surface area contributed by atoms with E-state index in [1.165, 1.54) is 0 Å². The van der Waals surface area contributed by atoms with Crippen molar-refractivity contribution in [1.82, 2.24) is 4.98 Å². The van der Waals surface area contributed by atoms with Gasteiger partial charge in [-0.05, 0) is 29.9 Å². The lowest BCUT2D eigenvalue weighted by molar-refractivity contribution is 0.111. The first-order valence-electron chi connectivity index (χ1n) is 5.61. The molecular formula is C13H19NO. The summed E-state index contributed by atoms with van der Waals surface area (Å²) in [5.41, 5.74) is 1.32. The Labute approximate surface area is 91.4 Å². The third-order valence-corrected chi connectivity index (χ3v) is 3.67. The predicted molar refractivity (Wildman–Crippen MR) is 60.5 cm³/mol. The minimum Gasteiger partial charge on any atom is -0.392 e. The number of hydrogen-bond donors (Lipinski definition) is 1. The molecule has 2 rings (SSSR count). The highest BCUT2D eigenvalue weighted by atomic mass is 16.3. The van der Waals surface area contributed by atoms with Gasteiger partial charge in [0.05, 0.1) is 6.10 Å². The van der Waals surface area contributed by atoms with Crippen molar-refractivity contribution in [1.29, 1.82) is 0 Å². The SMILES string of the molecule is CC(c1ccccn1)C(O)C1CC1(C)C. The van der Waals surface area contributed by atoms with E-state index in [-0.39, 0.29) is 12.0 Å². The number of nitrogens with zero attached hydrogens (tertiary/aromatic N) is 1. The van der Waals surface area contributed by atoms with Crippen molar-refractivity contribution < 1.29 is 5.11 Å². The molecule has 2 nitrogen and oxygen atoms in total. The minimum atomic E-state index is -0.255. The lowest BCUT2D eigenvalue weighted by Crippen LogP contribution is -2.21. The predicted octanol–water partition coefficient (Wildman–Crippen LogP) is 2.59. The first kappa shape index (κ1) is 10.6. The van der Waals surface area contributed by atoms with E-state index in [1.54, 1.807) is 6.20 Å². The third kappa shape index (κ3) is 2.05. The Hall–Kier alpha value is -0.890. The second-order valence-electron chi connectivity index (χ2n) is 5.33. The minimum absolute atomic E-state index is 0.137. The van der Waals surface area contributed by atoms with E-state index >= 15 is 0 Å². The molecule has 0 aliphatic heterocycles. The molecule has 1 aliphatic rings. The quantitative estimate of drug-likeness (QED) is 0.822. The van der Waals surface area contributed by atoms with Crippen LogP contribution in [0.15, 0.2) is 24.4 Å². The molecule has 1 aliphatic carbocycles. The van der Waals surface area contributed by atoms with Crippen LogP contribution in [0.1, 0.15) is 38.8 Å². The second kappa shape index (κ2) is 3.60. The first-order chi connectivity index (χ1) is 7.02. The van der Waals surface area contributed by atoms with E-state index in [2.05, 4.69) is 25.8 Å². The summed E-state index contributed by atoms with van der Waals surface area (Å²) in [6.07, 6.45) is 2.66. The molecule has 1 aromatic heterocycles. The van der Waals surface area contributed by atoms with Crippen LogP contribution in [0, 0.1) is 11.3 Å². The maximum absolute atomic E-state index is 10.2. The lowest BCUT2D eigenvalue weighted by atomic mass is 9.93. The van der Waals surface area contributed by atoms with Crippen molar-refractivity contribution in [2.75, 3.05) is 0 Å². The van der Waals surface area contributed by atoms with Crippen LogP contribution in [-0.4, -0.2) is 16.2 Å². The normalized spacial score (nSPS) is 27.1. The van der Waals surface area contributed by atoms with Gasteiger partial charge in [0.1, 0.15) is 0 Å². The van der Waals surface area contributed by atoms with Gasteiger partial charge >= 0.3 is 0 Å². The number of rotatable bonds is 3. The smallest absolute Gasteiger partial charge is 0.0654 e. The van der Waals surface area contributed by atoms with Crippen molar-refractivity contribution in [2.45, 2.75) is 39.2 Å². The van der Waals surface area contributed by atoms with Gasteiger partial charge in [-0.2, -0.15) is 0 Å². The fourth-order valence-electron chi connectivity index (χ4n) is 2.26. The van der Waals surface area contributed by atoms with Crippen molar-refractivity contribution in [3.8, 4) is 0 Å². The van der Waals surface area contributed by atoms with Gasteiger partial charge in [0.2, 0.25) is 0 Å². The van der Waals surface area contributed by atoms with E-state index in [4.69, 9.17) is 0 Å². The largest absolute Gasteiger partial charge is 0.392 e. The Balaban J connectivity index is 2.06. The Morgan fingerprint density at radius 3 is 2.60 bits per heavy atom.